The quantitative estimate of drug-likeness (QED) is 0.134. The van der Waals surface area contributed by atoms with Gasteiger partial charge in [-0.1, -0.05) is 97.9 Å². The number of benzene rings is 4. The fourth-order valence-electron chi connectivity index (χ4n) is 5.55. The molecule has 4 aromatic carbocycles. The summed E-state index contributed by atoms with van der Waals surface area (Å²) in [5, 5.41) is 1.44. The maximum atomic E-state index is 5.93. The van der Waals surface area contributed by atoms with E-state index >= 15 is 0 Å². The van der Waals surface area contributed by atoms with Crippen molar-refractivity contribution in [2.24, 2.45) is 0 Å². The molecule has 8 rings (SSSR count). The molecule has 2 aromatic heterocycles. The van der Waals surface area contributed by atoms with Crippen molar-refractivity contribution in [1.29, 1.82) is 0 Å². The van der Waals surface area contributed by atoms with Crippen molar-refractivity contribution >= 4 is 51.3 Å². The molecular weight excluding hydrogens is 715 g/mol. The van der Waals surface area contributed by atoms with Gasteiger partial charge in [0.05, 0.1) is 43.2 Å². The molecule has 0 N–H and O–H groups in total. The average Bonchev–Trinajstić information content (AvgIpc) is 3.87. The molecule has 2 aliphatic rings. The normalized spacial score (nSPS) is 15.4. The Hall–Kier alpha value is -3.69. The monoisotopic (exact) mass is 762 g/mol. The Morgan fingerprint density at radius 2 is 1.14 bits per heavy atom. The molecule has 0 aliphatic carbocycles. The number of rotatable bonds is 8. The first-order valence-electron chi connectivity index (χ1n) is 16.9. The summed E-state index contributed by atoms with van der Waals surface area (Å²) in [6.45, 7) is 15.4. The van der Waals surface area contributed by atoms with Crippen molar-refractivity contribution in [3.63, 3.8) is 0 Å². The molecule has 0 saturated carbocycles. The van der Waals surface area contributed by atoms with Gasteiger partial charge in [-0.2, -0.15) is 16.4 Å². The van der Waals surface area contributed by atoms with Gasteiger partial charge >= 0.3 is 18.9 Å². The van der Waals surface area contributed by atoms with Gasteiger partial charge in [0.15, 0.2) is 12.2 Å². The van der Waals surface area contributed by atoms with E-state index in [1.165, 1.54) is 11.6 Å². The number of aromatic nitrogens is 4. The van der Waals surface area contributed by atoms with E-state index in [0.717, 1.165) is 57.5 Å². The zero-order valence-electron chi connectivity index (χ0n) is 29.6. The molecule has 0 radical (unpaired) electrons. The third kappa shape index (κ3) is 10.0. The van der Waals surface area contributed by atoms with Gasteiger partial charge in [-0.25, -0.2) is 0 Å². The van der Waals surface area contributed by atoms with E-state index in [-0.39, 0.29) is 38.5 Å². The predicted octanol–water partition coefficient (Wildman–Crippen LogP) is 6.32. The Morgan fingerprint density at radius 1 is 0.725 bits per heavy atom. The summed E-state index contributed by atoms with van der Waals surface area (Å²) in [4.78, 5) is 9.02. The van der Waals surface area contributed by atoms with Crippen LogP contribution in [0.2, 0.25) is 19.6 Å². The second kappa shape index (κ2) is 18.2. The topological polar surface area (TPSA) is 72.6 Å². The van der Waals surface area contributed by atoms with Crippen LogP contribution in [-0.4, -0.2) is 52.6 Å². The second-order valence-corrected chi connectivity index (χ2v) is 19.2. The number of unbranched alkanes of at least 4 members (excludes halogenated alkanes) is 1. The molecule has 0 bridgehead atoms. The predicted molar refractivity (Wildman–Crippen MR) is 210 cm³/mol. The van der Waals surface area contributed by atoms with Crippen LogP contribution in [0, 0.1) is 6.92 Å². The number of halogens is 1. The number of hydrogen-bond donors (Lipinski definition) is 0. The van der Waals surface area contributed by atoms with E-state index < -0.39 is 8.07 Å². The smallest absolute Gasteiger partial charge is 0.490 e. The Bertz CT molecular complexity index is 1970. The van der Waals surface area contributed by atoms with Crippen molar-refractivity contribution < 1.29 is 37.8 Å². The Labute approximate surface area is 323 Å². The molecule has 0 saturated heterocycles. The molecule has 0 spiro atoms. The van der Waals surface area contributed by atoms with Crippen LogP contribution in [0.4, 0.5) is 0 Å². The second-order valence-electron chi connectivity index (χ2n) is 13.2. The van der Waals surface area contributed by atoms with Gasteiger partial charge in [-0.15, -0.1) is 0 Å². The van der Waals surface area contributed by atoms with E-state index in [4.69, 9.17) is 18.9 Å². The van der Waals surface area contributed by atoms with E-state index in [9.17, 15) is 0 Å². The SMILES string of the molecule is Brc1ccc(OC[C@@H]2Cn3c(nc4ccccc43)O2)cc1.C.C[Si](C)(C)c1ccc(OC[C@@H]2Cn3c(nc4ccccc43)O2)cc1.[CH2-]CCC.[Li+]. The molecule has 0 amide bonds. The number of imidazole rings is 2. The third-order valence-electron chi connectivity index (χ3n) is 8.31. The van der Waals surface area contributed by atoms with Crippen molar-refractivity contribution in [3.8, 4) is 23.5 Å². The summed E-state index contributed by atoms with van der Waals surface area (Å²) >= 11 is 3.41. The maximum Gasteiger partial charge on any atom is 1.00 e. The van der Waals surface area contributed by atoms with Crippen LogP contribution in [0.15, 0.2) is 102 Å². The molecule has 2 aliphatic heterocycles. The van der Waals surface area contributed by atoms with E-state index in [2.05, 4.69) is 105 Å². The van der Waals surface area contributed by atoms with Crippen molar-refractivity contribution in [3.05, 3.63) is 108 Å². The molecule has 264 valence electrons. The van der Waals surface area contributed by atoms with Crippen LogP contribution >= 0.6 is 15.9 Å². The molecule has 0 unspecified atom stereocenters. The average molecular weight is 764 g/mol. The minimum absolute atomic E-state index is 0. The number of nitrogens with zero attached hydrogens (tertiary/aromatic N) is 4. The van der Waals surface area contributed by atoms with Crippen LogP contribution in [0.25, 0.3) is 22.1 Å². The Kier molecular flexibility index (Phi) is 14.3. The standard InChI is InChI=1S/C19H22N2O2Si.C16H13BrN2O2.C4H9.CH4.Li/c1-24(2,3)16-10-8-14(9-11-16)22-13-15-12-21-18-7-5-4-6-17(18)20-19(21)23-15;17-11-5-7-12(8-6-11)20-10-13-9-19-15-4-2-1-3-14(15)18-16(19)21-13;1-3-4-2;;/h4-11,15H,12-13H2,1-3H3;1-8,13H,9-10H2;1,3-4H2,2H3;1H4;/q;;-1;;+1/t15-;13-;;;/m00.../s1. The van der Waals surface area contributed by atoms with Gasteiger partial charge in [0.25, 0.3) is 12.0 Å². The van der Waals surface area contributed by atoms with E-state index in [0.29, 0.717) is 25.2 Å². The largest absolute Gasteiger partial charge is 1.00 e. The van der Waals surface area contributed by atoms with Crippen molar-refractivity contribution in [2.45, 2.75) is 72.1 Å². The first kappa shape index (κ1) is 40.1. The third-order valence-corrected chi connectivity index (χ3v) is 10.9. The summed E-state index contributed by atoms with van der Waals surface area (Å²) in [6.07, 6.45) is 2.29. The van der Waals surface area contributed by atoms with Crippen LogP contribution < -0.4 is 43.0 Å². The number of hydrogen-bond acceptors (Lipinski definition) is 6. The van der Waals surface area contributed by atoms with Gasteiger partial charge in [0.1, 0.15) is 24.7 Å². The Balaban J connectivity index is 0.000000201. The summed E-state index contributed by atoms with van der Waals surface area (Å²) in [5.74, 6) is 1.74. The van der Waals surface area contributed by atoms with Crippen LogP contribution in [0.3, 0.4) is 0 Å². The summed E-state index contributed by atoms with van der Waals surface area (Å²) in [6, 6.07) is 33.9. The van der Waals surface area contributed by atoms with Crippen LogP contribution in [-0.2, 0) is 13.1 Å². The molecule has 2 atom stereocenters. The zero-order chi connectivity index (χ0) is 34.4. The first-order chi connectivity index (χ1) is 23.7. The van der Waals surface area contributed by atoms with Crippen molar-refractivity contribution in [1.82, 2.24) is 19.1 Å². The first-order valence-corrected chi connectivity index (χ1v) is 21.2. The minimum atomic E-state index is -1.26. The number of ether oxygens (including phenoxy) is 4. The van der Waals surface area contributed by atoms with Gasteiger partial charge in [-0.05, 0) is 60.7 Å². The minimum Gasteiger partial charge on any atom is -0.490 e. The zero-order valence-corrected chi connectivity index (χ0v) is 32.2. The van der Waals surface area contributed by atoms with Crippen molar-refractivity contribution in [2.75, 3.05) is 13.2 Å². The molecule has 0 fully saturated rings. The molecule has 11 heteroatoms. The van der Waals surface area contributed by atoms with Crippen LogP contribution in [0.1, 0.15) is 27.2 Å². The number of fused-ring (bicyclic) bond motifs is 6. The molecule has 4 heterocycles. The van der Waals surface area contributed by atoms with Gasteiger partial charge in [0, 0.05) is 4.47 Å². The van der Waals surface area contributed by atoms with E-state index in [1.54, 1.807) is 0 Å². The molecule has 6 aromatic rings. The number of para-hydroxylation sites is 4. The summed E-state index contributed by atoms with van der Waals surface area (Å²) < 4.78 is 28.7. The summed E-state index contributed by atoms with van der Waals surface area (Å²) in [7, 11) is -1.26. The summed E-state index contributed by atoms with van der Waals surface area (Å²) in [5.41, 5.74) is 4.18. The van der Waals surface area contributed by atoms with Crippen LogP contribution in [0.5, 0.6) is 23.5 Å². The van der Waals surface area contributed by atoms with E-state index in [1.807, 2.05) is 60.7 Å². The van der Waals surface area contributed by atoms with Gasteiger partial charge in [-0.3, -0.25) is 9.13 Å². The van der Waals surface area contributed by atoms with Gasteiger partial charge in [0.2, 0.25) is 0 Å². The Morgan fingerprint density at radius 3 is 1.55 bits per heavy atom. The molecule has 51 heavy (non-hydrogen) atoms. The fourth-order valence-corrected chi connectivity index (χ4v) is 6.98. The molecule has 8 nitrogen and oxygen atoms in total. The van der Waals surface area contributed by atoms with Gasteiger partial charge < -0.3 is 25.9 Å². The molecular formula is C40H48BrLiN4O4Si. The fraction of sp³-hybridized carbons (Fsp3) is 0.325. The maximum absolute atomic E-state index is 5.93.